The molecule has 0 atom stereocenters. The molecule has 0 unspecified atom stereocenters. The van der Waals surface area contributed by atoms with E-state index in [9.17, 15) is 26.7 Å². The molecule has 21 heavy (non-hydrogen) atoms. The summed E-state index contributed by atoms with van der Waals surface area (Å²) in [7, 11) is 0. The summed E-state index contributed by atoms with van der Waals surface area (Å²) >= 11 is 0.824. The number of alkyl halides is 5. The molecule has 2 rings (SSSR count). The number of carbonyl (C=O) groups is 1. The van der Waals surface area contributed by atoms with Crippen LogP contribution in [0.15, 0.2) is 24.3 Å². The van der Waals surface area contributed by atoms with Gasteiger partial charge in [-0.2, -0.15) is 22.0 Å². The number of hydrogen-bond donors (Lipinski definition) is 0. The number of rotatable bonds is 4. The van der Waals surface area contributed by atoms with Crippen LogP contribution in [0.4, 0.5) is 22.0 Å². The average molecular weight is 323 g/mol. The Morgan fingerprint density at radius 3 is 2.43 bits per heavy atom. The molecule has 0 aliphatic heterocycles. The lowest BCUT2D eigenvalue weighted by atomic mass is 10.2. The number of aldehydes is 1. The minimum Gasteiger partial charge on any atom is -0.432 e. The molecule has 0 fully saturated rings. The fraction of sp³-hybridized carbons (Fsp3) is 0.167. The van der Waals surface area contributed by atoms with Crippen molar-refractivity contribution in [2.75, 3.05) is 0 Å². The number of aromatic nitrogens is 1. The monoisotopic (exact) mass is 323 g/mol. The van der Waals surface area contributed by atoms with Crippen molar-refractivity contribution in [3.05, 3.63) is 34.8 Å². The van der Waals surface area contributed by atoms with Crippen LogP contribution in [-0.4, -0.2) is 17.9 Å². The first-order chi connectivity index (χ1) is 9.81. The first-order valence-electron chi connectivity index (χ1n) is 5.39. The molecule has 112 valence electrons. The third-order valence-corrected chi connectivity index (χ3v) is 3.36. The Labute approximate surface area is 119 Å². The summed E-state index contributed by atoms with van der Waals surface area (Å²) in [4.78, 5) is 14.3. The van der Waals surface area contributed by atoms with E-state index in [1.165, 1.54) is 12.1 Å². The third kappa shape index (κ3) is 3.54. The molecule has 0 N–H and O–H groups in total. The van der Waals surface area contributed by atoms with Crippen LogP contribution < -0.4 is 4.74 Å². The Bertz CT molecular complexity index is 653. The molecule has 0 bridgehead atoms. The number of thiophene rings is 1. The normalized spacial score (nSPS) is 11.7. The van der Waals surface area contributed by atoms with Gasteiger partial charge >= 0.3 is 12.8 Å². The number of ether oxygens (including phenoxy) is 1. The summed E-state index contributed by atoms with van der Waals surface area (Å²) in [5, 5.41) is 0. The van der Waals surface area contributed by atoms with Crippen molar-refractivity contribution in [2.24, 2.45) is 0 Å². The summed E-state index contributed by atoms with van der Waals surface area (Å²) in [6.45, 7) is -3.20. The molecule has 0 aliphatic carbocycles. The van der Waals surface area contributed by atoms with Gasteiger partial charge in [-0.15, -0.1) is 11.3 Å². The van der Waals surface area contributed by atoms with Gasteiger partial charge in [0, 0.05) is 0 Å². The molecule has 2 aromatic rings. The lowest BCUT2D eigenvalue weighted by molar-refractivity contribution is -0.141. The van der Waals surface area contributed by atoms with E-state index in [1.807, 2.05) is 0 Å². The van der Waals surface area contributed by atoms with E-state index in [2.05, 4.69) is 9.72 Å². The SMILES string of the molecule is O=Cc1ccc(-c2nc(C(F)(F)F)ccc2OC(F)F)s1. The van der Waals surface area contributed by atoms with Gasteiger partial charge in [0.15, 0.2) is 12.0 Å². The Morgan fingerprint density at radius 2 is 1.90 bits per heavy atom. The summed E-state index contributed by atoms with van der Waals surface area (Å²) in [6, 6.07) is 3.99. The van der Waals surface area contributed by atoms with E-state index in [4.69, 9.17) is 0 Å². The van der Waals surface area contributed by atoms with E-state index in [0.717, 1.165) is 17.4 Å². The smallest absolute Gasteiger partial charge is 0.432 e. The molecule has 3 nitrogen and oxygen atoms in total. The fourth-order valence-electron chi connectivity index (χ4n) is 1.52. The maximum absolute atomic E-state index is 12.6. The van der Waals surface area contributed by atoms with Crippen LogP contribution in [0.3, 0.4) is 0 Å². The Morgan fingerprint density at radius 1 is 1.19 bits per heavy atom. The minimum absolute atomic E-state index is 0.124. The van der Waals surface area contributed by atoms with Crippen molar-refractivity contribution in [3.63, 3.8) is 0 Å². The third-order valence-electron chi connectivity index (χ3n) is 2.34. The highest BCUT2D eigenvalue weighted by molar-refractivity contribution is 7.17. The molecule has 0 spiro atoms. The predicted octanol–water partition coefficient (Wildman–Crippen LogP) is 4.24. The summed E-state index contributed by atoms with van der Waals surface area (Å²) in [5.74, 6) is -0.489. The zero-order valence-corrected chi connectivity index (χ0v) is 10.8. The lowest BCUT2D eigenvalue weighted by Gasteiger charge is -2.12. The predicted molar refractivity (Wildman–Crippen MR) is 64.6 cm³/mol. The molecule has 9 heteroatoms. The van der Waals surface area contributed by atoms with E-state index in [0.29, 0.717) is 12.4 Å². The molecule has 0 saturated carbocycles. The molecule has 0 radical (unpaired) electrons. The molecule has 0 aromatic carbocycles. The topological polar surface area (TPSA) is 39.2 Å². The molecule has 2 aromatic heterocycles. The first-order valence-corrected chi connectivity index (χ1v) is 6.21. The van der Waals surface area contributed by atoms with E-state index >= 15 is 0 Å². The van der Waals surface area contributed by atoms with E-state index in [-0.39, 0.29) is 15.4 Å². The van der Waals surface area contributed by atoms with Crippen LogP contribution in [0.25, 0.3) is 10.6 Å². The van der Waals surface area contributed by atoms with Crippen LogP contribution in [-0.2, 0) is 6.18 Å². The molecule has 0 amide bonds. The van der Waals surface area contributed by atoms with Gasteiger partial charge < -0.3 is 4.74 Å². The summed E-state index contributed by atoms with van der Waals surface area (Å²) in [6.07, 6.45) is -4.22. The van der Waals surface area contributed by atoms with Crippen molar-refractivity contribution < 1.29 is 31.5 Å². The van der Waals surface area contributed by atoms with Crippen molar-refractivity contribution in [1.29, 1.82) is 0 Å². The standard InChI is InChI=1S/C12H6F5NO2S/c13-11(14)20-7-2-4-9(12(15,16)17)18-10(7)8-3-1-6(5-19)21-8/h1-5,11H. The van der Waals surface area contributed by atoms with Crippen LogP contribution >= 0.6 is 11.3 Å². The van der Waals surface area contributed by atoms with Gasteiger partial charge in [0.05, 0.1) is 9.75 Å². The molecule has 0 saturated heterocycles. The van der Waals surface area contributed by atoms with Crippen LogP contribution in [0.2, 0.25) is 0 Å². The highest BCUT2D eigenvalue weighted by Crippen LogP contribution is 2.37. The number of halogens is 5. The second-order valence-corrected chi connectivity index (χ2v) is 4.85. The second kappa shape index (κ2) is 5.76. The Balaban J connectivity index is 2.54. The minimum atomic E-state index is -4.72. The van der Waals surface area contributed by atoms with Gasteiger partial charge in [-0.1, -0.05) is 0 Å². The van der Waals surface area contributed by atoms with Crippen LogP contribution in [0.5, 0.6) is 5.75 Å². The fourth-order valence-corrected chi connectivity index (χ4v) is 2.33. The second-order valence-electron chi connectivity index (χ2n) is 3.74. The first kappa shape index (κ1) is 15.4. The quantitative estimate of drug-likeness (QED) is 0.624. The molecule has 2 heterocycles. The molecular weight excluding hydrogens is 317 g/mol. The van der Waals surface area contributed by atoms with Crippen molar-refractivity contribution in [2.45, 2.75) is 12.8 Å². The zero-order valence-electron chi connectivity index (χ0n) is 10.0. The number of hydrogen-bond acceptors (Lipinski definition) is 4. The number of carbonyl (C=O) groups excluding carboxylic acids is 1. The summed E-state index contributed by atoms with van der Waals surface area (Å²) < 4.78 is 66.7. The Kier molecular flexibility index (Phi) is 4.21. The van der Waals surface area contributed by atoms with E-state index < -0.39 is 24.2 Å². The highest BCUT2D eigenvalue weighted by atomic mass is 32.1. The van der Waals surface area contributed by atoms with Gasteiger partial charge in [0.25, 0.3) is 0 Å². The number of nitrogens with zero attached hydrogens (tertiary/aromatic N) is 1. The van der Waals surface area contributed by atoms with Gasteiger partial charge in [0.1, 0.15) is 11.4 Å². The lowest BCUT2D eigenvalue weighted by Crippen LogP contribution is -2.10. The number of pyridine rings is 1. The molecule has 0 aliphatic rings. The van der Waals surface area contributed by atoms with Gasteiger partial charge in [-0.05, 0) is 24.3 Å². The highest BCUT2D eigenvalue weighted by Gasteiger charge is 2.33. The van der Waals surface area contributed by atoms with Gasteiger partial charge in [0.2, 0.25) is 0 Å². The zero-order chi connectivity index (χ0) is 15.6. The maximum atomic E-state index is 12.6. The van der Waals surface area contributed by atoms with Crippen molar-refractivity contribution in [3.8, 4) is 16.3 Å². The van der Waals surface area contributed by atoms with E-state index in [1.54, 1.807) is 0 Å². The largest absolute Gasteiger partial charge is 0.433 e. The van der Waals surface area contributed by atoms with Gasteiger partial charge in [-0.3, -0.25) is 4.79 Å². The summed E-state index contributed by atoms with van der Waals surface area (Å²) in [5.41, 5.74) is -1.62. The van der Waals surface area contributed by atoms with Crippen LogP contribution in [0.1, 0.15) is 15.4 Å². The van der Waals surface area contributed by atoms with Crippen molar-refractivity contribution >= 4 is 17.6 Å². The maximum Gasteiger partial charge on any atom is 0.433 e. The Hall–Kier alpha value is -2.03. The van der Waals surface area contributed by atoms with Gasteiger partial charge in [-0.25, -0.2) is 4.98 Å². The molecular formula is C12H6F5NO2S. The van der Waals surface area contributed by atoms with Crippen LogP contribution in [0, 0.1) is 0 Å². The average Bonchev–Trinajstić information content (AvgIpc) is 2.85. The van der Waals surface area contributed by atoms with Crippen molar-refractivity contribution in [1.82, 2.24) is 4.98 Å².